The molecule has 0 aromatic rings. The minimum absolute atomic E-state index is 0. The molecule has 1 nitrogen and oxygen atoms in total. The van der Waals surface area contributed by atoms with Gasteiger partial charge in [0.2, 0.25) is 0 Å². The smallest absolute Gasteiger partial charge is 0.316 e. The molecule has 0 radical (unpaired) electrons. The third-order valence-electron chi connectivity index (χ3n) is 0. The second kappa shape index (κ2) is 97.0. The van der Waals surface area contributed by atoms with Crippen molar-refractivity contribution in [1.29, 1.82) is 0 Å². The van der Waals surface area contributed by atoms with Crippen molar-refractivity contribution in [3.63, 3.8) is 0 Å². The van der Waals surface area contributed by atoms with Crippen molar-refractivity contribution in [2.24, 2.45) is 0 Å². The maximum atomic E-state index is 3.00. The van der Waals surface area contributed by atoms with Crippen molar-refractivity contribution in [3.8, 4) is 0 Å². The molecule has 24 valence electrons. The van der Waals surface area contributed by atoms with E-state index in [2.05, 4.69) is 13.2 Å². The van der Waals surface area contributed by atoms with E-state index in [9.17, 15) is 0 Å². The summed E-state index contributed by atoms with van der Waals surface area (Å²) in [4.78, 5) is 0. The van der Waals surface area contributed by atoms with E-state index < -0.39 is 0 Å². The van der Waals surface area contributed by atoms with Gasteiger partial charge >= 0.3 is 23.1 Å². The first kappa shape index (κ1) is 25.0. The predicted octanol–water partition coefficient (Wildman–Crippen LogP) is -0.939. The first-order valence-corrected chi connectivity index (χ1v) is 0.500. The molecule has 0 unspecified atom stereocenters. The predicted molar refractivity (Wildman–Crippen MR) is 23.4 cm³/mol. The second-order valence-electron chi connectivity index (χ2n) is 0. The Kier molecular flexibility index (Phi) is 605. The minimum atomic E-state index is 0. The van der Waals surface area contributed by atoms with E-state index in [-0.39, 0.29) is 28.5 Å². The van der Waals surface area contributed by atoms with Crippen LogP contribution in [-0.4, -0.2) is 28.5 Å². The first-order valence-electron chi connectivity index (χ1n) is 0.500. The summed E-state index contributed by atoms with van der Waals surface area (Å²) in [7, 11) is 0. The third-order valence-corrected chi connectivity index (χ3v) is 0. The molecule has 0 rings (SSSR count). The standard InChI is InChI=1S/C2H4.Mg.H2O.2H/c1-2;;;;/h1-2H2;;1H2;;. The second-order valence-corrected chi connectivity index (χ2v) is 0. The monoisotopic (exact) mass is 72.0 g/mol. The van der Waals surface area contributed by atoms with Gasteiger partial charge in [-0.3, -0.25) is 0 Å². The Morgan fingerprint density at radius 2 is 1.00 bits per heavy atom. The van der Waals surface area contributed by atoms with E-state index >= 15 is 0 Å². The van der Waals surface area contributed by atoms with Gasteiger partial charge in [0, 0.05) is 0 Å². The summed E-state index contributed by atoms with van der Waals surface area (Å²) in [6, 6.07) is 0. The van der Waals surface area contributed by atoms with Crippen LogP contribution in [0.4, 0.5) is 0 Å². The Balaban J connectivity index is -0.00000000500. The molecule has 0 saturated carbocycles. The highest BCUT2D eigenvalue weighted by Gasteiger charge is 0.601. The van der Waals surface area contributed by atoms with Gasteiger partial charge in [0.1, 0.15) is 0 Å². The van der Waals surface area contributed by atoms with E-state index in [1.54, 1.807) is 0 Å². The van der Waals surface area contributed by atoms with Crippen LogP contribution in [0.15, 0.2) is 13.2 Å². The molecule has 0 saturated heterocycles. The summed E-state index contributed by atoms with van der Waals surface area (Å²) < 4.78 is 0. The van der Waals surface area contributed by atoms with Gasteiger partial charge in [0.25, 0.3) is 0 Å². The number of hydrogen-bond acceptors (Lipinski definition) is 0. The van der Waals surface area contributed by atoms with Gasteiger partial charge in [0.05, 0.1) is 0 Å². The topological polar surface area (TPSA) is 31.5 Å². The Labute approximate surface area is 42.2 Å². The molecular weight excluding hydrogens is 64.3 g/mol. The normalized spacial score (nSPS) is 1.00. The highest BCUT2D eigenvalue weighted by atomic mass is 24.3. The highest BCUT2D eigenvalue weighted by Crippen LogP contribution is 0.862. The lowest BCUT2D eigenvalue weighted by Gasteiger charge is -0.813. The fourth-order valence-corrected chi connectivity index (χ4v) is 0. The lowest BCUT2D eigenvalue weighted by Crippen LogP contribution is -0.552. The molecule has 0 atom stereocenters. The van der Waals surface area contributed by atoms with Crippen LogP contribution in [0.2, 0.25) is 0 Å². The van der Waals surface area contributed by atoms with Crippen LogP contribution < -0.4 is 0 Å². The van der Waals surface area contributed by atoms with Crippen LogP contribution in [0.25, 0.3) is 0 Å². The first-order chi connectivity index (χ1) is 1.00. The molecule has 2 N–H and O–H groups in total. The van der Waals surface area contributed by atoms with Crippen molar-refractivity contribution in [2.75, 3.05) is 0 Å². The summed E-state index contributed by atoms with van der Waals surface area (Å²) >= 11 is 0. The van der Waals surface area contributed by atoms with Crippen molar-refractivity contribution < 1.29 is 5.48 Å². The Morgan fingerprint density at radius 3 is 1.00 bits per heavy atom. The molecule has 0 amide bonds. The molecule has 0 aliphatic heterocycles. The van der Waals surface area contributed by atoms with Crippen LogP contribution in [0.5, 0.6) is 0 Å². The van der Waals surface area contributed by atoms with E-state index in [1.807, 2.05) is 0 Å². The van der Waals surface area contributed by atoms with Crippen molar-refractivity contribution in [1.82, 2.24) is 0 Å². The van der Waals surface area contributed by atoms with Crippen molar-refractivity contribution in [2.45, 2.75) is 0 Å². The minimum Gasteiger partial charge on any atom is -0.412 e. The molecule has 0 aromatic heterocycles. The van der Waals surface area contributed by atoms with Crippen LogP contribution in [-0.2, 0) is 0 Å². The van der Waals surface area contributed by atoms with Crippen molar-refractivity contribution >= 4 is 23.1 Å². The summed E-state index contributed by atoms with van der Waals surface area (Å²) in [6.07, 6.45) is 0. The zero-order valence-electron chi connectivity index (χ0n) is 1.91. The van der Waals surface area contributed by atoms with Crippen molar-refractivity contribution in [3.05, 3.63) is 13.2 Å². The SMILES string of the molecule is C=C.O.[MgH2]. The fraction of sp³-hybridized carbons (Fsp3) is 0. The number of hydrogen-bond donors (Lipinski definition) is 0. The largest absolute Gasteiger partial charge is 0.412 e. The van der Waals surface area contributed by atoms with Crippen LogP contribution in [0.1, 0.15) is 0 Å². The van der Waals surface area contributed by atoms with Gasteiger partial charge in [0.15, 0.2) is 0 Å². The molecule has 0 aliphatic carbocycles. The van der Waals surface area contributed by atoms with E-state index in [0.717, 1.165) is 0 Å². The van der Waals surface area contributed by atoms with Gasteiger partial charge < -0.3 is 5.48 Å². The Bertz CT molecular complexity index is 6.00. The molecule has 0 aliphatic rings. The van der Waals surface area contributed by atoms with Crippen LogP contribution in [0.3, 0.4) is 0 Å². The van der Waals surface area contributed by atoms with E-state index in [4.69, 9.17) is 0 Å². The van der Waals surface area contributed by atoms with Gasteiger partial charge in [-0.1, -0.05) is 0 Å². The maximum absolute atomic E-state index is 3.00. The van der Waals surface area contributed by atoms with Gasteiger partial charge in [-0.25, -0.2) is 0 Å². The van der Waals surface area contributed by atoms with E-state index in [0.29, 0.717) is 0 Å². The summed E-state index contributed by atoms with van der Waals surface area (Å²) in [5, 5.41) is 0. The third kappa shape index (κ3) is 24.4. The zero-order chi connectivity index (χ0) is 2.00. The average Bonchev–Trinajstić information content (AvgIpc) is 1.00. The molecule has 0 spiro atoms. The molecule has 0 bridgehead atoms. The van der Waals surface area contributed by atoms with Gasteiger partial charge in [-0.15, -0.1) is 13.2 Å². The molecule has 0 fully saturated rings. The summed E-state index contributed by atoms with van der Waals surface area (Å²) in [5.74, 6) is 0. The summed E-state index contributed by atoms with van der Waals surface area (Å²) in [6.45, 7) is 6.00. The summed E-state index contributed by atoms with van der Waals surface area (Å²) in [5.41, 5.74) is 0. The lowest BCUT2D eigenvalue weighted by molar-refractivity contribution is 0.824. The fourth-order valence-electron chi connectivity index (χ4n) is 0. The highest BCUT2D eigenvalue weighted by molar-refractivity contribution is 5.75. The molecular formula is C2H8MgO. The Morgan fingerprint density at radius 1 is 1.00 bits per heavy atom. The maximum Gasteiger partial charge on any atom is 0.316 e. The van der Waals surface area contributed by atoms with Gasteiger partial charge in [-0.05, 0) is 0 Å². The molecule has 4 heavy (non-hydrogen) atoms. The molecule has 0 aromatic carbocycles. The number of rotatable bonds is 0. The van der Waals surface area contributed by atoms with Crippen LogP contribution in [0, 0.1) is 0 Å². The van der Waals surface area contributed by atoms with Gasteiger partial charge in [-0.2, -0.15) is 0 Å². The van der Waals surface area contributed by atoms with Crippen LogP contribution >= 0.6 is 0 Å². The molecule has 2 heteroatoms. The zero-order valence-corrected chi connectivity index (χ0v) is 1.91. The average molecular weight is 72.4 g/mol. The quantitative estimate of drug-likeness (QED) is 0.261. The molecule has 0 heterocycles. The Hall–Kier alpha value is 0.466. The van der Waals surface area contributed by atoms with E-state index in [1.165, 1.54) is 0 Å². The lowest BCUT2D eigenvalue weighted by atomic mass is 11.3.